The molecule has 3 atom stereocenters. The van der Waals surface area contributed by atoms with Gasteiger partial charge in [-0.25, -0.2) is 0 Å². The first kappa shape index (κ1) is 14.9. The largest absolute Gasteiger partial charge is 0.497 e. The highest BCUT2D eigenvalue weighted by Crippen LogP contribution is 2.40. The van der Waals surface area contributed by atoms with E-state index in [0.29, 0.717) is 17.9 Å². The van der Waals surface area contributed by atoms with Crippen molar-refractivity contribution in [3.05, 3.63) is 29.3 Å². The Morgan fingerprint density at radius 3 is 2.90 bits per heavy atom. The average molecular weight is 289 g/mol. The van der Waals surface area contributed by atoms with E-state index in [4.69, 9.17) is 4.74 Å². The third-order valence-corrected chi connectivity index (χ3v) is 5.07. The zero-order valence-corrected chi connectivity index (χ0v) is 13.4. The quantitative estimate of drug-likeness (QED) is 0.928. The molecule has 2 heterocycles. The smallest absolute Gasteiger partial charge is 0.119 e. The normalized spacial score (nSPS) is 29.1. The summed E-state index contributed by atoms with van der Waals surface area (Å²) in [7, 11) is 1.72. The van der Waals surface area contributed by atoms with Crippen LogP contribution in [0.2, 0.25) is 0 Å². The van der Waals surface area contributed by atoms with Crippen LogP contribution in [0.25, 0.3) is 0 Å². The minimum Gasteiger partial charge on any atom is -0.497 e. The van der Waals surface area contributed by atoms with Crippen molar-refractivity contribution in [1.82, 2.24) is 4.90 Å². The van der Waals surface area contributed by atoms with Crippen molar-refractivity contribution in [3.63, 3.8) is 0 Å². The van der Waals surface area contributed by atoms with E-state index in [1.54, 1.807) is 7.11 Å². The second-order valence-corrected chi connectivity index (χ2v) is 7.02. The monoisotopic (exact) mass is 289 g/mol. The van der Waals surface area contributed by atoms with E-state index >= 15 is 0 Å². The van der Waals surface area contributed by atoms with Crippen molar-refractivity contribution in [1.29, 1.82) is 0 Å². The summed E-state index contributed by atoms with van der Waals surface area (Å²) in [5, 5.41) is 10.5. The van der Waals surface area contributed by atoms with Gasteiger partial charge in [0.1, 0.15) is 5.75 Å². The lowest BCUT2D eigenvalue weighted by atomic mass is 9.79. The highest BCUT2D eigenvalue weighted by atomic mass is 16.5. The van der Waals surface area contributed by atoms with Gasteiger partial charge < -0.3 is 9.84 Å². The summed E-state index contributed by atoms with van der Waals surface area (Å²) in [4.78, 5) is 2.58. The Kier molecular flexibility index (Phi) is 4.23. The number of piperidine rings is 1. The van der Waals surface area contributed by atoms with Gasteiger partial charge in [-0.3, -0.25) is 4.90 Å². The summed E-state index contributed by atoms with van der Waals surface area (Å²) in [6.45, 7) is 6.63. The molecule has 0 aliphatic carbocycles. The summed E-state index contributed by atoms with van der Waals surface area (Å²) >= 11 is 0. The van der Waals surface area contributed by atoms with E-state index in [0.717, 1.165) is 38.1 Å². The van der Waals surface area contributed by atoms with Gasteiger partial charge in [0.2, 0.25) is 0 Å². The Hall–Kier alpha value is -1.06. The molecule has 0 saturated carbocycles. The first-order valence-electron chi connectivity index (χ1n) is 8.17. The molecule has 1 aromatic carbocycles. The van der Waals surface area contributed by atoms with Gasteiger partial charge in [0, 0.05) is 19.1 Å². The van der Waals surface area contributed by atoms with Crippen LogP contribution in [0.5, 0.6) is 5.75 Å². The molecule has 2 aliphatic heterocycles. The number of aliphatic hydroxyl groups excluding tert-OH is 1. The fraction of sp³-hybridized carbons (Fsp3) is 0.667. The molecule has 3 unspecified atom stereocenters. The number of fused-ring (bicyclic) bond motifs is 3. The van der Waals surface area contributed by atoms with E-state index in [-0.39, 0.29) is 6.10 Å². The number of methoxy groups -OCH3 is 1. The molecule has 3 rings (SSSR count). The predicted molar refractivity (Wildman–Crippen MR) is 84.6 cm³/mol. The minimum atomic E-state index is -0.165. The molecule has 1 aromatic rings. The van der Waals surface area contributed by atoms with Gasteiger partial charge in [-0.1, -0.05) is 19.9 Å². The lowest BCUT2D eigenvalue weighted by Gasteiger charge is -2.46. The fourth-order valence-corrected chi connectivity index (χ4v) is 4.04. The first-order chi connectivity index (χ1) is 10.1. The van der Waals surface area contributed by atoms with Gasteiger partial charge in [0.25, 0.3) is 0 Å². The Balaban J connectivity index is 1.80. The predicted octanol–water partition coefficient (Wildman–Crippen LogP) is 3.02. The molecule has 2 aliphatic rings. The number of hydrogen-bond donors (Lipinski definition) is 1. The number of rotatable bonds is 3. The van der Waals surface area contributed by atoms with Crippen molar-refractivity contribution in [2.75, 3.05) is 20.2 Å². The molecule has 1 N–H and O–H groups in total. The third-order valence-electron chi connectivity index (χ3n) is 5.07. The number of benzene rings is 1. The Morgan fingerprint density at radius 1 is 1.38 bits per heavy atom. The maximum absolute atomic E-state index is 10.5. The van der Waals surface area contributed by atoms with Crippen molar-refractivity contribution in [2.45, 2.75) is 45.3 Å². The van der Waals surface area contributed by atoms with Crippen molar-refractivity contribution in [2.24, 2.45) is 11.8 Å². The van der Waals surface area contributed by atoms with Crippen molar-refractivity contribution in [3.8, 4) is 5.75 Å². The molecule has 0 radical (unpaired) electrons. The van der Waals surface area contributed by atoms with Crippen LogP contribution in [0.15, 0.2) is 18.2 Å². The van der Waals surface area contributed by atoms with Crippen molar-refractivity contribution < 1.29 is 9.84 Å². The second kappa shape index (κ2) is 5.98. The van der Waals surface area contributed by atoms with E-state index in [1.807, 2.05) is 0 Å². The summed E-state index contributed by atoms with van der Waals surface area (Å²) < 4.78 is 5.34. The van der Waals surface area contributed by atoms with Gasteiger partial charge in [-0.2, -0.15) is 0 Å². The van der Waals surface area contributed by atoms with E-state index in [9.17, 15) is 5.11 Å². The number of ether oxygens (including phenoxy) is 1. The molecule has 1 fully saturated rings. The Bertz CT molecular complexity index is 500. The highest BCUT2D eigenvalue weighted by Gasteiger charge is 2.38. The molecule has 3 heteroatoms. The molecular weight excluding hydrogens is 262 g/mol. The zero-order valence-electron chi connectivity index (χ0n) is 13.4. The average Bonchev–Trinajstić information content (AvgIpc) is 2.47. The van der Waals surface area contributed by atoms with Gasteiger partial charge in [-0.15, -0.1) is 0 Å². The number of aliphatic hydroxyl groups is 1. The summed E-state index contributed by atoms with van der Waals surface area (Å²) in [6, 6.07) is 6.80. The second-order valence-electron chi connectivity index (χ2n) is 7.02. The van der Waals surface area contributed by atoms with Gasteiger partial charge in [0.05, 0.1) is 13.2 Å². The third kappa shape index (κ3) is 2.95. The van der Waals surface area contributed by atoms with Crippen LogP contribution in [0.4, 0.5) is 0 Å². The Labute approximate surface area is 127 Å². The van der Waals surface area contributed by atoms with Crippen LogP contribution in [-0.2, 0) is 6.42 Å². The van der Waals surface area contributed by atoms with Crippen LogP contribution < -0.4 is 4.74 Å². The summed E-state index contributed by atoms with van der Waals surface area (Å²) in [5.74, 6) is 2.03. The molecule has 0 amide bonds. The van der Waals surface area contributed by atoms with E-state index < -0.39 is 0 Å². The van der Waals surface area contributed by atoms with Crippen LogP contribution in [0, 0.1) is 11.8 Å². The van der Waals surface area contributed by atoms with Gasteiger partial charge >= 0.3 is 0 Å². The summed E-state index contributed by atoms with van der Waals surface area (Å²) in [5.41, 5.74) is 2.79. The molecule has 0 aromatic heterocycles. The molecule has 3 nitrogen and oxygen atoms in total. The van der Waals surface area contributed by atoms with E-state index in [2.05, 4.69) is 36.9 Å². The molecule has 0 spiro atoms. The van der Waals surface area contributed by atoms with Crippen LogP contribution in [-0.4, -0.2) is 36.3 Å². The maximum atomic E-state index is 10.5. The molecule has 1 saturated heterocycles. The molecule has 0 bridgehead atoms. The van der Waals surface area contributed by atoms with Gasteiger partial charge in [-0.05, 0) is 54.4 Å². The van der Waals surface area contributed by atoms with Crippen LogP contribution >= 0.6 is 0 Å². The molecular formula is C18H27NO2. The maximum Gasteiger partial charge on any atom is 0.119 e. The van der Waals surface area contributed by atoms with Crippen molar-refractivity contribution >= 4 is 0 Å². The zero-order chi connectivity index (χ0) is 15.0. The number of hydrogen-bond acceptors (Lipinski definition) is 3. The van der Waals surface area contributed by atoms with E-state index in [1.165, 1.54) is 11.1 Å². The lowest BCUT2D eigenvalue weighted by molar-refractivity contribution is -0.0191. The Morgan fingerprint density at radius 2 is 2.19 bits per heavy atom. The number of nitrogens with zero attached hydrogens (tertiary/aromatic N) is 1. The molecule has 116 valence electrons. The molecule has 21 heavy (non-hydrogen) atoms. The topological polar surface area (TPSA) is 32.7 Å². The first-order valence-corrected chi connectivity index (χ1v) is 8.17. The highest BCUT2D eigenvalue weighted by molar-refractivity contribution is 5.39. The van der Waals surface area contributed by atoms with Gasteiger partial charge in [0.15, 0.2) is 0 Å². The van der Waals surface area contributed by atoms with Crippen LogP contribution in [0.1, 0.15) is 43.9 Å². The summed E-state index contributed by atoms with van der Waals surface area (Å²) in [6.07, 6.45) is 2.92. The lowest BCUT2D eigenvalue weighted by Crippen LogP contribution is -2.48. The fourth-order valence-electron chi connectivity index (χ4n) is 4.04. The minimum absolute atomic E-state index is 0.165. The standard InChI is InChI=1S/C18H27NO2/c1-12(2)8-14-11-19-7-6-13-9-15(21-3)4-5-16(13)17(19)10-18(14)20/h4-5,9,12,14,17-18,20H,6-8,10-11H2,1-3H3. The van der Waals surface area contributed by atoms with Crippen LogP contribution in [0.3, 0.4) is 0 Å². The SMILES string of the molecule is COc1ccc2c(c1)CCN1CC(CC(C)C)C(O)CC21.